The van der Waals surface area contributed by atoms with E-state index in [4.69, 9.17) is 28.7 Å². The van der Waals surface area contributed by atoms with Crippen LogP contribution < -0.4 is 33.2 Å². The number of alkyl halides is 12. The van der Waals surface area contributed by atoms with Crippen LogP contribution in [0.5, 0.6) is 0 Å². The molecule has 15 rings (SSSR count). The monoisotopic (exact) mass is 1940 g/mol. The van der Waals surface area contributed by atoms with E-state index in [0.29, 0.717) is 50.0 Å². The van der Waals surface area contributed by atoms with Gasteiger partial charge in [0.1, 0.15) is 58.9 Å². The zero-order chi connectivity index (χ0) is 98.9. The molecule has 0 spiro atoms. The fourth-order valence-electron chi connectivity index (χ4n) is 15.0. The Balaban J connectivity index is 0.000000162. The van der Waals surface area contributed by atoms with Gasteiger partial charge in [-0.25, -0.2) is 71.6 Å². The minimum atomic E-state index is -4.64. The van der Waals surface area contributed by atoms with Crippen LogP contribution >= 0.6 is 0 Å². The van der Waals surface area contributed by atoms with Crippen molar-refractivity contribution in [2.45, 2.75) is 185 Å². The van der Waals surface area contributed by atoms with E-state index in [1.54, 1.807) is 9.58 Å². The Kier molecular flexibility index (Phi) is 32.7. The summed E-state index contributed by atoms with van der Waals surface area (Å²) in [7, 11) is 1.81. The van der Waals surface area contributed by atoms with Crippen molar-refractivity contribution in [3.05, 3.63) is 247 Å². The van der Waals surface area contributed by atoms with Gasteiger partial charge in [0.15, 0.2) is 57.9 Å². The zero-order valence-electron chi connectivity index (χ0n) is 70.7. The van der Waals surface area contributed by atoms with Gasteiger partial charge in [-0.1, -0.05) is 0 Å². The van der Waals surface area contributed by atoms with E-state index < -0.39 is 171 Å². The number of nitrogens with two attached hydrogens (primary N) is 5. The smallest absolute Gasteiger partial charge is 0.333 e. The maximum atomic E-state index is 13.7. The molecule has 730 valence electrons. The summed E-state index contributed by atoms with van der Waals surface area (Å²) in [6.07, 6.45) is -16.0. The summed E-state index contributed by atoms with van der Waals surface area (Å²) in [4.78, 5) is 75.8. The van der Waals surface area contributed by atoms with Crippen LogP contribution in [0, 0.1) is 75.6 Å². The molecule has 28 nitrogen and oxygen atoms in total. The molecule has 5 aliphatic rings. The molecule has 5 aromatic carbocycles. The molecule has 10 N–H and O–H groups in total. The fourth-order valence-corrected chi connectivity index (χ4v) is 15.0. The van der Waals surface area contributed by atoms with E-state index >= 15 is 0 Å². The lowest BCUT2D eigenvalue weighted by Crippen LogP contribution is -2.51. The maximum Gasteiger partial charge on any atom is 0.451 e. The minimum Gasteiger partial charge on any atom is -0.333 e. The number of carbonyl (C=O) groups excluding carboxylic acids is 5. The van der Waals surface area contributed by atoms with Gasteiger partial charge in [-0.05, 0) is 115 Å². The van der Waals surface area contributed by atoms with Crippen molar-refractivity contribution in [3.8, 4) is 0 Å². The van der Waals surface area contributed by atoms with Crippen LogP contribution in [0.4, 0.5) is 110 Å². The second-order valence-electron chi connectivity index (χ2n) is 32.0. The summed E-state index contributed by atoms with van der Waals surface area (Å²) in [5, 5.41) is 17.5. The van der Waals surface area contributed by atoms with Crippen LogP contribution in [-0.2, 0) is 153 Å². The molecule has 5 atom stereocenters. The van der Waals surface area contributed by atoms with Crippen LogP contribution in [0.2, 0.25) is 0 Å². The molecule has 10 aromatic rings. The number of aromatic nitrogens is 13. The summed E-state index contributed by atoms with van der Waals surface area (Å²) >= 11 is 0. The number of benzene rings is 5. The largest absolute Gasteiger partial charge is 0.451 e. The molecule has 0 saturated carbocycles. The predicted octanol–water partition coefficient (Wildman–Crippen LogP) is 9.43. The SMILES string of the molecule is Cn1c[n+]2c(n1)CN(C(=O)C[C@H](N)Cc1cc(F)c(F)cc1F)CC2.N[C@@H](CC(=O)N1CCn2c(nnc2C(F)(F)F)C1)Cc1cc(F)c(F)cc1F.N[C@@H](CC(=O)N1CCn2c(nnc2C(F)(F)F)C1)Cc1cc(F)ccc1F.N[C@@H](CC(=O)N1CCn2cc(C(F)(F)F)nc2C1)Cc1cc(F)c(F)cc1F.N[C@@H](CC(=O)N1CCn2cc(C(F)(F)F)nc2C1)Cc1cc(F)ccc1F. The first-order valence-electron chi connectivity index (χ1n) is 40.8. The van der Waals surface area contributed by atoms with Crippen LogP contribution in [0.15, 0.2) is 91.5 Å². The lowest BCUT2D eigenvalue weighted by atomic mass is 10.0. The second-order valence-corrected chi connectivity index (χ2v) is 32.0. The predicted molar refractivity (Wildman–Crippen MR) is 418 cm³/mol. The number of rotatable bonds is 20. The molecule has 0 aliphatic carbocycles. The van der Waals surface area contributed by atoms with Crippen molar-refractivity contribution in [3.63, 3.8) is 0 Å². The number of carbonyl (C=O) groups is 5. The number of nitrogens with zero attached hydrogens (tertiary/aromatic N) is 18. The van der Waals surface area contributed by atoms with Gasteiger partial charge >= 0.3 is 24.7 Å². The normalized spacial score (nSPS) is 15.4. The van der Waals surface area contributed by atoms with Crippen molar-refractivity contribution in [2.24, 2.45) is 35.7 Å². The summed E-state index contributed by atoms with van der Waals surface area (Å²) < 4.78 is 335. The molecule has 0 bridgehead atoms. The number of amides is 5. The highest BCUT2D eigenvalue weighted by Gasteiger charge is 2.44. The number of aryl methyl sites for hydroxylation is 1. The van der Waals surface area contributed by atoms with Crippen molar-refractivity contribution in [1.29, 1.82) is 0 Å². The summed E-state index contributed by atoms with van der Waals surface area (Å²) in [6, 6.07) is 5.45. The van der Waals surface area contributed by atoms with Gasteiger partial charge in [0.25, 0.3) is 5.82 Å². The van der Waals surface area contributed by atoms with E-state index in [-0.39, 0.29) is 206 Å². The second kappa shape index (κ2) is 42.9. The van der Waals surface area contributed by atoms with Gasteiger partial charge < -0.3 is 71.4 Å². The highest BCUT2D eigenvalue weighted by Crippen LogP contribution is 2.35. The third-order valence-corrected chi connectivity index (χ3v) is 21.7. The molecule has 10 heterocycles. The fraction of sp³-hybridized carbons (Fsp3) is 0.427. The van der Waals surface area contributed by atoms with Crippen molar-refractivity contribution < 1.29 is 138 Å². The molecule has 0 saturated heterocycles. The number of hydrogen-bond donors (Lipinski definition) is 5. The molecule has 5 aromatic heterocycles. The summed E-state index contributed by atoms with van der Waals surface area (Å²) in [6.45, 7) is 1.66. The third kappa shape index (κ3) is 27.1. The van der Waals surface area contributed by atoms with Gasteiger partial charge in [0.05, 0.1) is 46.3 Å². The molecular weight excluding hydrogens is 1860 g/mol. The summed E-state index contributed by atoms with van der Waals surface area (Å²) in [5.41, 5.74) is 27.0. The van der Waals surface area contributed by atoms with Gasteiger partial charge in [-0.3, -0.25) is 24.0 Å². The van der Waals surface area contributed by atoms with Gasteiger partial charge in [-0.2, -0.15) is 52.7 Å². The Morgan fingerprint density at radius 1 is 0.341 bits per heavy atom. The highest BCUT2D eigenvalue weighted by molar-refractivity contribution is 5.79. The first kappa shape index (κ1) is 103. The first-order chi connectivity index (χ1) is 63.2. The Morgan fingerprint density at radius 2 is 0.630 bits per heavy atom. The van der Waals surface area contributed by atoms with Crippen molar-refractivity contribution >= 4 is 29.5 Å². The molecule has 135 heavy (non-hydrogen) atoms. The highest BCUT2D eigenvalue weighted by atomic mass is 19.4. The standard InChI is InChI=1S/C17H16F6N4O.C17H17F5N4O.C16H15F6N5O.C16H16F5N5O.C16H19F3N5O/c18-11-6-13(20)12(19)4-9(11)3-10(24)5-16(28)27-2-1-26-7-14(17(21,22)23)25-15(26)8-27;18-11-1-2-13(19)10(5-11)6-12(23)7-16(27)26-4-3-25-8-14(17(20,21)22)24-15(25)9-26;17-10-6-12(19)11(18)4-8(10)3-9(23)5-14(28)26-1-2-27-13(7-26)24-25-15(27)16(20,21)22;17-10-1-2-12(18)9(5-10)6-11(22)7-14(27)25-3-4-26-13(8-25)23-24-15(26)16(19,20)21;1-22-9-24-3-2-23(8-15(24)21-22)16(25)6-11(20)4-10-5-13(18)14(19)7-12(10)17/h4,6-7,10H,1-3,5,8,24H2;1-2,5,8,12H,3-4,6-7,9,23H2;4,6,9H,1-3,5,7,23H2;1-2,5,11H,3-4,6-8,22H2;5,7,9,11H,2-4,6,8,20H2,1H3/q;;;;+1/t10-;12-;9-;2*11-/m11111/s1. The van der Waals surface area contributed by atoms with E-state index in [0.717, 1.165) is 69.8 Å². The Labute approximate surface area is 748 Å². The van der Waals surface area contributed by atoms with Crippen LogP contribution in [0.3, 0.4) is 0 Å². The van der Waals surface area contributed by atoms with Gasteiger partial charge in [0.2, 0.25) is 47.5 Å². The zero-order valence-corrected chi connectivity index (χ0v) is 70.7. The molecular formula is C82H83F25N23O5+. The maximum absolute atomic E-state index is 13.7. The molecule has 53 heteroatoms. The Bertz CT molecular complexity index is 5780. The topological polar surface area (TPSA) is 350 Å². The third-order valence-electron chi connectivity index (χ3n) is 21.7. The molecule has 0 fully saturated rings. The van der Waals surface area contributed by atoms with Crippen molar-refractivity contribution in [2.75, 3.05) is 32.7 Å². The lowest BCUT2D eigenvalue weighted by Gasteiger charge is -2.29. The van der Waals surface area contributed by atoms with Crippen LogP contribution in [-0.4, -0.2) is 175 Å². The average Bonchev–Trinajstić information content (AvgIpc) is 1.66. The molecule has 5 aliphatic heterocycles. The Hall–Kier alpha value is -12.7. The van der Waals surface area contributed by atoms with E-state index in [1.165, 1.54) is 28.7 Å². The first-order valence-corrected chi connectivity index (χ1v) is 40.8. The van der Waals surface area contributed by atoms with Gasteiger partial charge in [-0.15, -0.1) is 25.1 Å². The number of fused-ring (bicyclic) bond motifs is 5. The molecule has 0 unspecified atom stereocenters. The summed E-state index contributed by atoms with van der Waals surface area (Å²) in [5.74, 6) is -15.8. The van der Waals surface area contributed by atoms with E-state index in [9.17, 15) is 134 Å². The number of halogens is 25. The van der Waals surface area contributed by atoms with E-state index in [1.807, 2.05) is 17.9 Å². The Morgan fingerprint density at radius 3 is 0.941 bits per heavy atom. The van der Waals surface area contributed by atoms with Crippen molar-refractivity contribution in [1.82, 2.24) is 82.9 Å². The molecule has 0 radical (unpaired) electrons. The van der Waals surface area contributed by atoms with Crippen LogP contribution in [0.1, 0.15) is 112 Å². The lowest BCUT2D eigenvalue weighted by molar-refractivity contribution is -0.711. The van der Waals surface area contributed by atoms with Crippen LogP contribution in [0.25, 0.3) is 0 Å². The number of imidazole rings is 2. The van der Waals surface area contributed by atoms with E-state index in [2.05, 4.69) is 35.5 Å². The quantitative estimate of drug-likeness (QED) is 0.0269. The minimum absolute atomic E-state index is 0.000783. The average molecular weight is 1950 g/mol. The molecule has 5 amide bonds. The number of hydrogen-bond acceptors (Lipinski definition) is 17. The van der Waals surface area contributed by atoms with Gasteiger partial charge in [0, 0.05) is 150 Å².